The molecule has 6 heteroatoms. The second-order valence-corrected chi connectivity index (χ2v) is 6.61. The molecule has 0 radical (unpaired) electrons. The Morgan fingerprint density at radius 3 is 2.65 bits per heavy atom. The first-order chi connectivity index (χ1) is 12.1. The van der Waals surface area contributed by atoms with Crippen molar-refractivity contribution in [1.82, 2.24) is 14.1 Å². The van der Waals surface area contributed by atoms with E-state index in [1.165, 1.54) is 22.0 Å². The van der Waals surface area contributed by atoms with E-state index >= 15 is 0 Å². The van der Waals surface area contributed by atoms with E-state index in [2.05, 4.69) is 52.9 Å². The third kappa shape index (κ3) is 3.16. The van der Waals surface area contributed by atoms with Crippen molar-refractivity contribution in [2.45, 2.75) is 13.0 Å². The number of fused-ring (bicyclic) bond motifs is 2. The van der Waals surface area contributed by atoms with Gasteiger partial charge < -0.3 is 22.7 Å². The zero-order chi connectivity index (χ0) is 17.4. The van der Waals surface area contributed by atoms with E-state index in [1.807, 2.05) is 20.2 Å². The molecule has 0 aliphatic rings. The Hall–Kier alpha value is -2.50. The molecule has 136 valence electrons. The van der Waals surface area contributed by atoms with Crippen molar-refractivity contribution in [1.29, 1.82) is 0 Å². The van der Waals surface area contributed by atoms with Gasteiger partial charge in [-0.1, -0.05) is 24.3 Å². The van der Waals surface area contributed by atoms with Gasteiger partial charge in [-0.25, -0.2) is 4.79 Å². The van der Waals surface area contributed by atoms with Crippen molar-refractivity contribution in [2.75, 3.05) is 6.54 Å². The Bertz CT molecular complexity index is 1110. The van der Waals surface area contributed by atoms with Crippen LogP contribution in [0.4, 0.5) is 0 Å². The summed E-state index contributed by atoms with van der Waals surface area (Å²) >= 11 is 0. The van der Waals surface area contributed by atoms with E-state index in [9.17, 15) is 4.79 Å². The molecule has 2 aromatic heterocycles. The van der Waals surface area contributed by atoms with Crippen LogP contribution in [0, 0.1) is 0 Å². The Kier molecular flexibility index (Phi) is 5.20. The number of nitrogens with one attached hydrogen (secondary N) is 1. The number of benzene rings is 2. The molecule has 0 unspecified atom stereocenters. The predicted octanol–water partition coefficient (Wildman–Crippen LogP) is -1.33. The van der Waals surface area contributed by atoms with Crippen LogP contribution < -0.4 is 23.4 Å². The molecule has 0 aliphatic heterocycles. The summed E-state index contributed by atoms with van der Waals surface area (Å²) in [5, 5.41) is 3.64. The first-order valence-electron chi connectivity index (χ1n) is 8.66. The van der Waals surface area contributed by atoms with Crippen LogP contribution in [0.2, 0.25) is 0 Å². The first kappa shape index (κ1) is 18.3. The summed E-state index contributed by atoms with van der Waals surface area (Å²) in [5.41, 5.74) is 5.81. The number of quaternary nitrogens is 1. The SMILES string of the molecule is Cn1c(=O)n(C)c2cc(C[NH2+]CCc3c[nH]c4ccccc34)ccc21.[Cl-]. The Morgan fingerprint density at radius 1 is 1.04 bits per heavy atom. The number of nitrogens with zero attached hydrogens (tertiary/aromatic N) is 2. The number of H-pyrrole nitrogens is 1. The van der Waals surface area contributed by atoms with Gasteiger partial charge >= 0.3 is 5.69 Å². The molecular formula is C20H23ClN4O. The minimum absolute atomic E-state index is 0. The van der Waals surface area contributed by atoms with Gasteiger partial charge in [0.25, 0.3) is 0 Å². The molecule has 0 bridgehead atoms. The predicted molar refractivity (Wildman–Crippen MR) is 101 cm³/mol. The van der Waals surface area contributed by atoms with Crippen LogP contribution in [0.15, 0.2) is 53.5 Å². The molecule has 0 atom stereocenters. The lowest BCUT2D eigenvalue weighted by Crippen LogP contribution is -3.00. The van der Waals surface area contributed by atoms with E-state index in [0.29, 0.717) is 0 Å². The number of aryl methyl sites for hydroxylation is 2. The molecular weight excluding hydrogens is 348 g/mol. The number of rotatable bonds is 5. The van der Waals surface area contributed by atoms with Gasteiger partial charge in [-0.3, -0.25) is 9.13 Å². The van der Waals surface area contributed by atoms with Gasteiger partial charge in [-0.05, 0) is 23.8 Å². The molecule has 0 fully saturated rings. The Labute approximate surface area is 158 Å². The third-order valence-electron chi connectivity index (χ3n) is 5.01. The quantitative estimate of drug-likeness (QED) is 0.420. The Balaban J connectivity index is 0.00000196. The fourth-order valence-electron chi connectivity index (χ4n) is 3.54. The third-order valence-corrected chi connectivity index (χ3v) is 5.01. The van der Waals surface area contributed by atoms with Crippen molar-refractivity contribution in [3.05, 3.63) is 70.3 Å². The molecule has 4 rings (SSSR count). The highest BCUT2D eigenvalue weighted by atomic mass is 35.5. The second kappa shape index (κ2) is 7.40. The van der Waals surface area contributed by atoms with Crippen molar-refractivity contribution in [2.24, 2.45) is 14.1 Å². The highest BCUT2D eigenvalue weighted by molar-refractivity contribution is 5.83. The maximum Gasteiger partial charge on any atom is 0.328 e. The minimum atomic E-state index is 0. The average Bonchev–Trinajstić information content (AvgIpc) is 3.14. The summed E-state index contributed by atoms with van der Waals surface area (Å²) < 4.78 is 3.41. The van der Waals surface area contributed by atoms with Gasteiger partial charge in [0.05, 0.1) is 17.6 Å². The van der Waals surface area contributed by atoms with Crippen LogP contribution in [-0.4, -0.2) is 20.7 Å². The molecule has 0 saturated carbocycles. The number of halogens is 1. The van der Waals surface area contributed by atoms with Crippen LogP contribution in [-0.2, 0) is 27.1 Å². The van der Waals surface area contributed by atoms with Crippen LogP contribution in [0.25, 0.3) is 21.9 Å². The van der Waals surface area contributed by atoms with E-state index in [4.69, 9.17) is 0 Å². The van der Waals surface area contributed by atoms with Crippen molar-refractivity contribution in [3.63, 3.8) is 0 Å². The zero-order valence-electron chi connectivity index (χ0n) is 15.0. The lowest BCUT2D eigenvalue weighted by Gasteiger charge is -2.03. The fourth-order valence-corrected chi connectivity index (χ4v) is 3.54. The normalized spacial score (nSPS) is 11.2. The van der Waals surface area contributed by atoms with Gasteiger partial charge in [0, 0.05) is 43.2 Å². The van der Waals surface area contributed by atoms with Crippen LogP contribution >= 0.6 is 0 Å². The molecule has 5 nitrogen and oxygen atoms in total. The average molecular weight is 371 g/mol. The van der Waals surface area contributed by atoms with E-state index in [1.54, 1.807) is 9.13 Å². The largest absolute Gasteiger partial charge is 1.00 e. The maximum atomic E-state index is 12.0. The molecule has 0 aliphatic carbocycles. The molecule has 0 spiro atoms. The summed E-state index contributed by atoms with van der Waals surface area (Å²) in [7, 11) is 3.65. The monoisotopic (exact) mass is 370 g/mol. The summed E-state index contributed by atoms with van der Waals surface area (Å²) in [5.74, 6) is 0. The topological polar surface area (TPSA) is 59.3 Å². The lowest BCUT2D eigenvalue weighted by atomic mass is 10.1. The summed E-state index contributed by atoms with van der Waals surface area (Å²) in [6, 6.07) is 14.7. The van der Waals surface area contributed by atoms with E-state index in [-0.39, 0.29) is 18.1 Å². The van der Waals surface area contributed by atoms with Gasteiger partial charge in [0.2, 0.25) is 0 Å². The van der Waals surface area contributed by atoms with Gasteiger partial charge in [-0.15, -0.1) is 0 Å². The minimum Gasteiger partial charge on any atom is -1.00 e. The van der Waals surface area contributed by atoms with Crippen LogP contribution in [0.3, 0.4) is 0 Å². The smallest absolute Gasteiger partial charge is 0.328 e. The molecule has 4 aromatic rings. The number of imidazole rings is 1. The van der Waals surface area contributed by atoms with Crippen molar-refractivity contribution in [3.8, 4) is 0 Å². The summed E-state index contributed by atoms with van der Waals surface area (Å²) in [4.78, 5) is 15.3. The molecule has 3 N–H and O–H groups in total. The van der Waals surface area contributed by atoms with Crippen molar-refractivity contribution >= 4 is 21.9 Å². The highest BCUT2D eigenvalue weighted by Gasteiger charge is 2.09. The number of hydrogen-bond acceptors (Lipinski definition) is 1. The highest BCUT2D eigenvalue weighted by Crippen LogP contribution is 2.17. The van der Waals surface area contributed by atoms with E-state index < -0.39 is 0 Å². The number of aromatic amines is 1. The number of hydrogen-bond donors (Lipinski definition) is 2. The molecule has 0 saturated heterocycles. The Morgan fingerprint density at radius 2 is 1.81 bits per heavy atom. The molecule has 2 heterocycles. The molecule has 0 amide bonds. The van der Waals surface area contributed by atoms with Gasteiger partial charge in [0.1, 0.15) is 6.54 Å². The van der Waals surface area contributed by atoms with Gasteiger partial charge in [0.15, 0.2) is 0 Å². The maximum absolute atomic E-state index is 12.0. The number of nitrogens with two attached hydrogens (primary N) is 1. The zero-order valence-corrected chi connectivity index (χ0v) is 15.8. The van der Waals surface area contributed by atoms with Gasteiger partial charge in [-0.2, -0.15) is 0 Å². The first-order valence-corrected chi connectivity index (χ1v) is 8.66. The fraction of sp³-hybridized carbons (Fsp3) is 0.250. The lowest BCUT2D eigenvalue weighted by molar-refractivity contribution is -0.670. The number of aromatic nitrogens is 3. The molecule has 2 aromatic carbocycles. The van der Waals surface area contributed by atoms with Crippen LogP contribution in [0.5, 0.6) is 0 Å². The van der Waals surface area contributed by atoms with Crippen molar-refractivity contribution < 1.29 is 17.7 Å². The number of para-hydroxylation sites is 1. The summed E-state index contributed by atoms with van der Waals surface area (Å²) in [6.07, 6.45) is 3.15. The van der Waals surface area contributed by atoms with Crippen LogP contribution in [0.1, 0.15) is 11.1 Å². The standard InChI is InChI=1S/C20H22N4O.ClH/c1-23-18-8-7-14(11-19(18)24(2)20(23)25)12-21-10-9-15-13-22-17-6-4-3-5-16(15)17;/h3-8,11,13,21-22H,9-10,12H2,1-2H3;1H. The summed E-state index contributed by atoms with van der Waals surface area (Å²) in [6.45, 7) is 1.95. The second-order valence-electron chi connectivity index (χ2n) is 6.61. The van der Waals surface area contributed by atoms with E-state index in [0.717, 1.165) is 30.5 Å². The molecule has 26 heavy (non-hydrogen) atoms.